The van der Waals surface area contributed by atoms with Crippen molar-refractivity contribution < 1.29 is 13.7 Å². The molecule has 0 spiro atoms. The summed E-state index contributed by atoms with van der Waals surface area (Å²) in [6.07, 6.45) is 11.9. The van der Waals surface area contributed by atoms with Gasteiger partial charge in [0, 0.05) is 6.42 Å². The first kappa shape index (κ1) is 15.4. The number of hydrogen-bond acceptors (Lipinski definition) is 1. The highest BCUT2D eigenvalue weighted by molar-refractivity contribution is 5.96. The molecule has 1 saturated heterocycles. The van der Waals surface area contributed by atoms with Gasteiger partial charge in [-0.3, -0.25) is 4.79 Å². The fourth-order valence-corrected chi connectivity index (χ4v) is 3.33. The lowest BCUT2D eigenvalue weighted by atomic mass is 9.99. The monoisotopic (exact) mass is 280 g/mol. The van der Waals surface area contributed by atoms with Gasteiger partial charge in [0.2, 0.25) is 0 Å². The lowest BCUT2D eigenvalue weighted by Gasteiger charge is -2.37. The van der Waals surface area contributed by atoms with Crippen molar-refractivity contribution in [2.75, 3.05) is 26.7 Å². The molecule has 3 heteroatoms. The Hall–Kier alpha value is -0.960. The van der Waals surface area contributed by atoms with Gasteiger partial charge in [-0.05, 0) is 50.5 Å². The Kier molecular flexibility index (Phi) is 5.53. The van der Waals surface area contributed by atoms with E-state index in [4.69, 9.17) is 0 Å². The molecule has 0 aromatic carbocycles. The van der Waals surface area contributed by atoms with Crippen LogP contribution in [-0.4, -0.2) is 36.9 Å². The van der Waals surface area contributed by atoms with Gasteiger partial charge in [-0.2, -0.15) is 0 Å². The van der Waals surface area contributed by atoms with Crippen molar-refractivity contribution in [3.8, 4) is 0 Å². The van der Waals surface area contributed by atoms with Crippen LogP contribution in [0.15, 0.2) is 23.6 Å². The zero-order valence-corrected chi connectivity index (χ0v) is 12.7. The zero-order valence-electron chi connectivity index (χ0n) is 12.7. The molecule has 0 amide bonds. The molecule has 0 aromatic rings. The second kappa shape index (κ2) is 7.16. The van der Waals surface area contributed by atoms with Crippen molar-refractivity contribution in [1.82, 2.24) is 0 Å². The number of rotatable bonds is 6. The van der Waals surface area contributed by atoms with E-state index in [0.29, 0.717) is 12.0 Å². The van der Waals surface area contributed by atoms with Crippen molar-refractivity contribution in [1.29, 1.82) is 0 Å². The summed E-state index contributed by atoms with van der Waals surface area (Å²) in [6, 6.07) is 0. The van der Waals surface area contributed by atoms with Crippen LogP contribution in [0.4, 0.5) is 4.39 Å². The van der Waals surface area contributed by atoms with Crippen LogP contribution in [0.2, 0.25) is 0 Å². The van der Waals surface area contributed by atoms with E-state index in [9.17, 15) is 9.18 Å². The Morgan fingerprint density at radius 1 is 1.15 bits per heavy atom. The maximum Gasteiger partial charge on any atom is 0.195 e. The molecule has 0 saturated carbocycles. The Labute approximate surface area is 121 Å². The van der Waals surface area contributed by atoms with Gasteiger partial charge in [0.15, 0.2) is 11.6 Å². The van der Waals surface area contributed by atoms with Crippen molar-refractivity contribution in [3.63, 3.8) is 0 Å². The number of carbonyl (C=O) groups is 1. The number of ketones is 1. The van der Waals surface area contributed by atoms with Crippen LogP contribution in [0, 0.1) is 0 Å². The molecule has 2 nitrogen and oxygen atoms in total. The lowest BCUT2D eigenvalue weighted by Crippen LogP contribution is -2.48. The van der Waals surface area contributed by atoms with Crippen molar-refractivity contribution in [2.45, 2.75) is 51.4 Å². The maximum atomic E-state index is 13.6. The summed E-state index contributed by atoms with van der Waals surface area (Å²) in [5.41, 5.74) is 0.611. The molecule has 0 radical (unpaired) electrons. The number of carbonyl (C=O) groups excluding carboxylic acids is 1. The highest BCUT2D eigenvalue weighted by Gasteiger charge is 2.23. The van der Waals surface area contributed by atoms with E-state index in [2.05, 4.69) is 7.05 Å². The first-order chi connectivity index (χ1) is 9.61. The van der Waals surface area contributed by atoms with Gasteiger partial charge in [0.1, 0.15) is 0 Å². The minimum Gasteiger partial charge on any atom is -0.326 e. The lowest BCUT2D eigenvalue weighted by molar-refractivity contribution is -0.914. The molecule has 1 fully saturated rings. The predicted molar refractivity (Wildman–Crippen MR) is 80.0 cm³/mol. The van der Waals surface area contributed by atoms with E-state index < -0.39 is 5.83 Å². The molecule has 0 N–H and O–H groups in total. The van der Waals surface area contributed by atoms with E-state index in [1.165, 1.54) is 49.8 Å². The number of likely N-dealkylation sites (tertiary alicyclic amines) is 1. The zero-order chi connectivity index (χ0) is 14.4. The number of nitrogens with zero attached hydrogens (tertiary/aromatic N) is 1. The van der Waals surface area contributed by atoms with Gasteiger partial charge in [-0.1, -0.05) is 12.2 Å². The van der Waals surface area contributed by atoms with Crippen molar-refractivity contribution in [2.24, 2.45) is 0 Å². The van der Waals surface area contributed by atoms with Crippen LogP contribution < -0.4 is 0 Å². The first-order valence-electron chi connectivity index (χ1n) is 8.03. The highest BCUT2D eigenvalue weighted by Crippen LogP contribution is 2.23. The third-order valence-corrected chi connectivity index (χ3v) is 4.69. The second-order valence-electron chi connectivity index (χ2n) is 6.53. The van der Waals surface area contributed by atoms with Gasteiger partial charge < -0.3 is 4.48 Å². The van der Waals surface area contributed by atoms with E-state index in [0.717, 1.165) is 12.8 Å². The molecular weight excluding hydrogens is 253 g/mol. The average Bonchev–Trinajstić information content (AvgIpc) is 2.44. The third kappa shape index (κ3) is 4.27. The minimum absolute atomic E-state index is 0.227. The fourth-order valence-electron chi connectivity index (χ4n) is 3.33. The summed E-state index contributed by atoms with van der Waals surface area (Å²) in [6.45, 7) is 3.88. The van der Waals surface area contributed by atoms with Crippen LogP contribution in [0.5, 0.6) is 0 Å². The predicted octanol–water partition coefficient (Wildman–Crippen LogP) is 3.93. The van der Waals surface area contributed by atoms with Crippen LogP contribution in [0.3, 0.4) is 0 Å². The first-order valence-corrected chi connectivity index (χ1v) is 8.03. The minimum atomic E-state index is -0.498. The van der Waals surface area contributed by atoms with Gasteiger partial charge in [0.05, 0.1) is 26.7 Å². The smallest absolute Gasteiger partial charge is 0.195 e. The molecule has 2 aliphatic rings. The van der Waals surface area contributed by atoms with Crippen molar-refractivity contribution >= 4 is 5.78 Å². The normalized spacial score (nSPS) is 22.4. The van der Waals surface area contributed by atoms with E-state index in [1.54, 1.807) is 12.2 Å². The van der Waals surface area contributed by atoms with Gasteiger partial charge in [0.25, 0.3) is 0 Å². The Bertz CT molecular complexity index is 405. The number of unbranched alkanes of at least 4 members (excludes halogenated alkanes) is 2. The number of allylic oxidation sites excluding steroid dienone is 4. The van der Waals surface area contributed by atoms with Gasteiger partial charge in [-0.25, -0.2) is 4.39 Å². The van der Waals surface area contributed by atoms with Crippen LogP contribution in [0.25, 0.3) is 0 Å². The van der Waals surface area contributed by atoms with Gasteiger partial charge in [-0.15, -0.1) is 0 Å². The number of Topliss-reactive ketones (excluding diaryl/α,β-unsaturated/α-hetero) is 1. The Morgan fingerprint density at radius 3 is 2.65 bits per heavy atom. The van der Waals surface area contributed by atoms with E-state index in [-0.39, 0.29) is 12.2 Å². The molecule has 112 valence electrons. The molecule has 0 unspecified atom stereocenters. The number of quaternary nitrogens is 1. The molecule has 0 atom stereocenters. The molecule has 1 heterocycles. The van der Waals surface area contributed by atoms with E-state index >= 15 is 0 Å². The molecular formula is C17H27FNO+. The van der Waals surface area contributed by atoms with Crippen molar-refractivity contribution in [3.05, 3.63) is 23.6 Å². The van der Waals surface area contributed by atoms with Crippen LogP contribution >= 0.6 is 0 Å². The number of halogens is 1. The fraction of sp³-hybridized carbons (Fsp3) is 0.706. The molecule has 0 aromatic heterocycles. The highest BCUT2D eigenvalue weighted by atomic mass is 19.1. The molecule has 1 aliphatic heterocycles. The quantitative estimate of drug-likeness (QED) is 0.532. The molecule has 2 rings (SSSR count). The average molecular weight is 280 g/mol. The summed E-state index contributed by atoms with van der Waals surface area (Å²) >= 11 is 0. The summed E-state index contributed by atoms with van der Waals surface area (Å²) < 4.78 is 14.8. The second-order valence-corrected chi connectivity index (χ2v) is 6.53. The molecule has 0 bridgehead atoms. The third-order valence-electron chi connectivity index (χ3n) is 4.69. The topological polar surface area (TPSA) is 17.1 Å². The number of piperidine rings is 1. The Balaban J connectivity index is 1.65. The SMILES string of the molecule is C[N+]1(CCCCCC2=C(F)C(=O)CC=C2)CCCCC1. The van der Waals surface area contributed by atoms with Gasteiger partial charge >= 0.3 is 0 Å². The largest absolute Gasteiger partial charge is 0.326 e. The Morgan fingerprint density at radius 2 is 1.90 bits per heavy atom. The summed E-state index contributed by atoms with van der Waals surface area (Å²) in [5, 5.41) is 0. The van der Waals surface area contributed by atoms with Crippen LogP contribution in [0.1, 0.15) is 51.4 Å². The van der Waals surface area contributed by atoms with Crippen LogP contribution in [-0.2, 0) is 4.79 Å². The maximum absolute atomic E-state index is 13.6. The summed E-state index contributed by atoms with van der Waals surface area (Å²) in [5.74, 6) is -0.851. The molecule has 1 aliphatic carbocycles. The summed E-state index contributed by atoms with van der Waals surface area (Å²) in [4.78, 5) is 11.3. The molecule has 20 heavy (non-hydrogen) atoms. The standard InChI is InChI=1S/C17H27FNO/c1-19(13-6-3-7-14-19)12-5-2-4-9-15-10-8-11-16(20)17(15)18/h8,10H,2-7,9,11-14H2,1H3/q+1. The summed E-state index contributed by atoms with van der Waals surface area (Å²) in [7, 11) is 2.36. The number of hydrogen-bond donors (Lipinski definition) is 0. The van der Waals surface area contributed by atoms with E-state index in [1.807, 2.05) is 0 Å².